The van der Waals surface area contributed by atoms with E-state index in [1.165, 1.54) is 5.56 Å². The number of benzene rings is 3. The minimum Gasteiger partial charge on any atom is -0.346 e. The summed E-state index contributed by atoms with van der Waals surface area (Å²) in [6.45, 7) is 7.91. The van der Waals surface area contributed by atoms with Gasteiger partial charge in [-0.2, -0.15) is 0 Å². The van der Waals surface area contributed by atoms with Gasteiger partial charge < -0.3 is 5.32 Å². The van der Waals surface area contributed by atoms with Crippen LogP contribution in [0.15, 0.2) is 71.6 Å². The van der Waals surface area contributed by atoms with Crippen LogP contribution in [0, 0.1) is 20.8 Å². The van der Waals surface area contributed by atoms with Crippen molar-refractivity contribution in [3.05, 3.63) is 94.5 Å². The van der Waals surface area contributed by atoms with Crippen molar-refractivity contribution in [3.63, 3.8) is 0 Å². The van der Waals surface area contributed by atoms with E-state index < -0.39 is 10.0 Å². The topological polar surface area (TPSA) is 75.3 Å². The summed E-state index contributed by atoms with van der Waals surface area (Å²) >= 11 is 0. The monoisotopic (exact) mass is 422 g/mol. The van der Waals surface area contributed by atoms with E-state index in [-0.39, 0.29) is 16.8 Å². The number of anilines is 1. The number of hydrogen-bond acceptors (Lipinski definition) is 3. The van der Waals surface area contributed by atoms with E-state index in [1.807, 2.05) is 39.8 Å². The Morgan fingerprint density at radius 3 is 2.03 bits per heavy atom. The maximum Gasteiger partial charge on any atom is 0.261 e. The number of amides is 1. The molecule has 0 bridgehead atoms. The molecule has 1 atom stereocenters. The van der Waals surface area contributed by atoms with Crippen molar-refractivity contribution in [1.29, 1.82) is 0 Å². The van der Waals surface area contributed by atoms with Gasteiger partial charge in [0.15, 0.2) is 0 Å². The zero-order valence-electron chi connectivity index (χ0n) is 17.6. The highest BCUT2D eigenvalue weighted by molar-refractivity contribution is 7.92. The van der Waals surface area contributed by atoms with Crippen LogP contribution in [-0.4, -0.2) is 14.3 Å². The Hall–Kier alpha value is -3.12. The van der Waals surface area contributed by atoms with Crippen LogP contribution >= 0.6 is 0 Å². The first-order chi connectivity index (χ1) is 14.2. The lowest BCUT2D eigenvalue weighted by atomic mass is 10.00. The molecule has 5 nitrogen and oxygen atoms in total. The second-order valence-electron chi connectivity index (χ2n) is 7.55. The molecule has 0 aliphatic carbocycles. The van der Waals surface area contributed by atoms with Crippen LogP contribution in [0.3, 0.4) is 0 Å². The number of rotatable bonds is 6. The summed E-state index contributed by atoms with van der Waals surface area (Å²) in [5.74, 6) is -0.213. The van der Waals surface area contributed by atoms with E-state index in [2.05, 4.69) is 16.1 Å². The summed E-state index contributed by atoms with van der Waals surface area (Å²) in [7, 11) is -3.68. The summed E-state index contributed by atoms with van der Waals surface area (Å²) in [6, 6.07) is 19.0. The Balaban J connectivity index is 1.69. The predicted molar refractivity (Wildman–Crippen MR) is 120 cm³/mol. The van der Waals surface area contributed by atoms with Gasteiger partial charge >= 0.3 is 0 Å². The fraction of sp³-hybridized carbons (Fsp3) is 0.208. The third-order valence-corrected chi connectivity index (χ3v) is 6.37. The second kappa shape index (κ2) is 8.71. The van der Waals surface area contributed by atoms with Gasteiger partial charge in [-0.25, -0.2) is 8.42 Å². The molecule has 0 radical (unpaired) electrons. The fourth-order valence-electron chi connectivity index (χ4n) is 3.29. The van der Waals surface area contributed by atoms with E-state index in [9.17, 15) is 13.2 Å². The van der Waals surface area contributed by atoms with E-state index in [0.29, 0.717) is 11.3 Å². The first kappa shape index (κ1) is 21.6. The average molecular weight is 423 g/mol. The molecule has 30 heavy (non-hydrogen) atoms. The normalized spacial score (nSPS) is 12.3. The molecular formula is C24H26N2O3S. The fourth-order valence-corrected chi connectivity index (χ4v) is 4.35. The van der Waals surface area contributed by atoms with E-state index in [0.717, 1.165) is 16.7 Å². The number of sulfonamides is 1. The molecule has 0 saturated heterocycles. The minimum absolute atomic E-state index is 0.141. The molecule has 0 heterocycles. The summed E-state index contributed by atoms with van der Waals surface area (Å²) in [5, 5.41) is 2.99. The van der Waals surface area contributed by atoms with Gasteiger partial charge in [0.1, 0.15) is 0 Å². The first-order valence-corrected chi connectivity index (χ1v) is 11.2. The third-order valence-electron chi connectivity index (χ3n) is 4.97. The van der Waals surface area contributed by atoms with Gasteiger partial charge in [-0.05, 0) is 75.2 Å². The van der Waals surface area contributed by atoms with Crippen LogP contribution in [0.25, 0.3) is 0 Å². The second-order valence-corrected chi connectivity index (χ2v) is 9.23. The third kappa shape index (κ3) is 5.07. The molecule has 0 fully saturated rings. The molecular weight excluding hydrogens is 396 g/mol. The van der Waals surface area contributed by atoms with Crippen molar-refractivity contribution < 1.29 is 13.2 Å². The Labute approximate surface area is 178 Å². The van der Waals surface area contributed by atoms with Gasteiger partial charge in [-0.1, -0.05) is 41.5 Å². The molecule has 3 rings (SSSR count). The molecule has 0 saturated carbocycles. The van der Waals surface area contributed by atoms with Gasteiger partial charge in [-0.3, -0.25) is 9.52 Å². The van der Waals surface area contributed by atoms with E-state index >= 15 is 0 Å². The van der Waals surface area contributed by atoms with Gasteiger partial charge in [0.2, 0.25) is 0 Å². The highest BCUT2D eigenvalue weighted by Gasteiger charge is 2.16. The van der Waals surface area contributed by atoms with Crippen molar-refractivity contribution in [3.8, 4) is 0 Å². The number of hydrogen-bond donors (Lipinski definition) is 2. The molecule has 0 aromatic heterocycles. The highest BCUT2D eigenvalue weighted by atomic mass is 32.2. The van der Waals surface area contributed by atoms with Crippen molar-refractivity contribution in [2.45, 2.75) is 38.6 Å². The maximum atomic E-state index is 12.6. The van der Waals surface area contributed by atoms with Gasteiger partial charge in [0.05, 0.1) is 10.9 Å². The minimum atomic E-state index is -3.68. The van der Waals surface area contributed by atoms with Gasteiger partial charge in [0.25, 0.3) is 15.9 Å². The molecule has 2 N–H and O–H groups in total. The summed E-state index contributed by atoms with van der Waals surface area (Å²) in [6.07, 6.45) is 0. The quantitative estimate of drug-likeness (QED) is 0.593. The van der Waals surface area contributed by atoms with Crippen LogP contribution in [0.5, 0.6) is 0 Å². The Kier molecular flexibility index (Phi) is 6.27. The van der Waals surface area contributed by atoms with Crippen LogP contribution in [-0.2, 0) is 10.0 Å². The standard InChI is InChI=1S/C24H26N2O3S/c1-16-5-12-22(13-6-16)30(28,29)26-21-10-8-20(9-11-21)24(27)25-19(4)23-14-7-17(2)15-18(23)3/h5-15,19,26H,1-4H3,(H,25,27)/t19-/m0/s1. The SMILES string of the molecule is Cc1ccc(S(=O)(=O)Nc2ccc(C(=O)N[C@@H](C)c3ccc(C)cc3C)cc2)cc1. The average Bonchev–Trinajstić information content (AvgIpc) is 2.68. The lowest BCUT2D eigenvalue weighted by Crippen LogP contribution is -2.27. The van der Waals surface area contributed by atoms with Gasteiger partial charge in [0, 0.05) is 11.3 Å². The predicted octanol–water partition coefficient (Wildman–Crippen LogP) is 4.90. The number of nitrogens with one attached hydrogen (secondary N) is 2. The van der Waals surface area contributed by atoms with Crippen molar-refractivity contribution >= 4 is 21.6 Å². The van der Waals surface area contributed by atoms with Crippen molar-refractivity contribution in [2.75, 3.05) is 4.72 Å². The Morgan fingerprint density at radius 2 is 1.43 bits per heavy atom. The highest BCUT2D eigenvalue weighted by Crippen LogP contribution is 2.20. The zero-order valence-corrected chi connectivity index (χ0v) is 18.4. The molecule has 156 valence electrons. The molecule has 0 unspecified atom stereocenters. The Morgan fingerprint density at radius 1 is 0.833 bits per heavy atom. The van der Waals surface area contributed by atoms with Crippen LogP contribution in [0.4, 0.5) is 5.69 Å². The molecule has 3 aromatic rings. The lowest BCUT2D eigenvalue weighted by Gasteiger charge is -2.17. The maximum absolute atomic E-state index is 12.6. The van der Waals surface area contributed by atoms with Crippen molar-refractivity contribution in [1.82, 2.24) is 5.32 Å². The summed E-state index contributed by atoms with van der Waals surface area (Å²) in [5.41, 5.74) is 5.22. The Bertz CT molecular complexity index is 1150. The lowest BCUT2D eigenvalue weighted by molar-refractivity contribution is 0.0940. The van der Waals surface area contributed by atoms with Crippen LogP contribution < -0.4 is 10.0 Å². The van der Waals surface area contributed by atoms with Crippen molar-refractivity contribution in [2.24, 2.45) is 0 Å². The number of carbonyl (C=O) groups is 1. The van der Waals surface area contributed by atoms with Crippen LogP contribution in [0.2, 0.25) is 0 Å². The smallest absolute Gasteiger partial charge is 0.261 e. The summed E-state index contributed by atoms with van der Waals surface area (Å²) in [4.78, 5) is 12.8. The summed E-state index contributed by atoms with van der Waals surface area (Å²) < 4.78 is 27.5. The first-order valence-electron chi connectivity index (χ1n) is 9.73. The number of carbonyl (C=O) groups excluding carboxylic acids is 1. The molecule has 1 amide bonds. The zero-order chi connectivity index (χ0) is 21.9. The molecule has 3 aromatic carbocycles. The number of aryl methyl sites for hydroxylation is 3. The largest absolute Gasteiger partial charge is 0.346 e. The molecule has 6 heteroatoms. The molecule has 0 aliphatic heterocycles. The van der Waals surface area contributed by atoms with E-state index in [4.69, 9.17) is 0 Å². The molecule has 0 aliphatic rings. The molecule has 0 spiro atoms. The van der Waals surface area contributed by atoms with E-state index in [1.54, 1.807) is 48.5 Å². The van der Waals surface area contributed by atoms with Crippen LogP contribution in [0.1, 0.15) is 45.6 Å². The van der Waals surface area contributed by atoms with Gasteiger partial charge in [-0.15, -0.1) is 0 Å².